The van der Waals surface area contributed by atoms with E-state index in [-0.39, 0.29) is 5.54 Å². The second-order valence-corrected chi connectivity index (χ2v) is 6.28. The normalized spacial score (nSPS) is 22.0. The molecule has 2 aliphatic rings. The molecule has 2 heterocycles. The summed E-state index contributed by atoms with van der Waals surface area (Å²) in [4.78, 5) is 6.76. The van der Waals surface area contributed by atoms with Crippen LogP contribution in [0.4, 0.5) is 5.69 Å². The Morgan fingerprint density at radius 2 is 2.00 bits per heavy atom. The molecule has 1 N–H and O–H groups in total. The maximum absolute atomic E-state index is 8.82. The summed E-state index contributed by atoms with van der Waals surface area (Å²) in [6.45, 7) is 4.71. The van der Waals surface area contributed by atoms with Gasteiger partial charge >= 0.3 is 0 Å². The van der Waals surface area contributed by atoms with E-state index < -0.39 is 0 Å². The summed E-state index contributed by atoms with van der Waals surface area (Å²) in [7, 11) is 0. The Bertz CT molecular complexity index is 510. The van der Waals surface area contributed by atoms with Gasteiger partial charge in [-0.2, -0.15) is 5.26 Å². The van der Waals surface area contributed by atoms with Crippen LogP contribution in [0.2, 0.25) is 0 Å². The number of ether oxygens (including phenoxy) is 1. The summed E-state index contributed by atoms with van der Waals surface area (Å²) in [6.07, 6.45) is 8.24. The second kappa shape index (κ2) is 7.08. The molecule has 118 valence electrons. The first-order chi connectivity index (χ1) is 10.8. The lowest BCUT2D eigenvalue weighted by Crippen LogP contribution is -2.57. The number of hydrogen-bond acceptors (Lipinski definition) is 5. The molecule has 1 saturated carbocycles. The zero-order valence-corrected chi connectivity index (χ0v) is 13.1. The first-order valence-corrected chi connectivity index (χ1v) is 8.25. The van der Waals surface area contributed by atoms with Crippen LogP contribution in [0, 0.1) is 11.3 Å². The van der Waals surface area contributed by atoms with E-state index >= 15 is 0 Å². The molecule has 3 rings (SSSR count). The van der Waals surface area contributed by atoms with Gasteiger partial charge in [-0.25, -0.2) is 4.98 Å². The van der Waals surface area contributed by atoms with Crippen molar-refractivity contribution in [1.29, 1.82) is 5.26 Å². The molecule has 2 fully saturated rings. The fraction of sp³-hybridized carbons (Fsp3) is 0.647. The molecular formula is C17H24N4O. The summed E-state index contributed by atoms with van der Waals surface area (Å²) in [5.41, 5.74) is 1.71. The van der Waals surface area contributed by atoms with Gasteiger partial charge in [0.05, 0.1) is 25.1 Å². The Kier molecular flexibility index (Phi) is 4.91. The van der Waals surface area contributed by atoms with Crippen LogP contribution in [0.3, 0.4) is 0 Å². The van der Waals surface area contributed by atoms with Gasteiger partial charge in [0.15, 0.2) is 0 Å². The molecule has 0 aromatic carbocycles. The van der Waals surface area contributed by atoms with E-state index in [1.165, 1.54) is 32.1 Å². The summed E-state index contributed by atoms with van der Waals surface area (Å²) in [6, 6.07) is 5.77. The van der Waals surface area contributed by atoms with Crippen molar-refractivity contribution in [2.24, 2.45) is 0 Å². The van der Waals surface area contributed by atoms with E-state index in [1.54, 1.807) is 12.3 Å². The van der Waals surface area contributed by atoms with Crippen LogP contribution >= 0.6 is 0 Å². The van der Waals surface area contributed by atoms with Crippen LogP contribution in [0.1, 0.15) is 37.8 Å². The highest BCUT2D eigenvalue weighted by molar-refractivity contribution is 5.43. The Balaban J connectivity index is 1.68. The van der Waals surface area contributed by atoms with Crippen molar-refractivity contribution in [3.05, 3.63) is 24.0 Å². The Morgan fingerprint density at radius 1 is 1.23 bits per heavy atom. The fourth-order valence-electron chi connectivity index (χ4n) is 3.68. The van der Waals surface area contributed by atoms with Crippen LogP contribution in [-0.4, -0.2) is 48.3 Å². The third-order valence-corrected chi connectivity index (χ3v) is 4.97. The van der Waals surface area contributed by atoms with E-state index in [9.17, 15) is 0 Å². The second-order valence-electron chi connectivity index (χ2n) is 6.28. The lowest BCUT2D eigenvalue weighted by atomic mass is 9.79. The third-order valence-electron chi connectivity index (χ3n) is 4.97. The molecular weight excluding hydrogens is 276 g/mol. The number of hydrogen-bond donors (Lipinski definition) is 1. The number of aromatic nitrogens is 1. The first kappa shape index (κ1) is 15.3. The number of pyridine rings is 1. The van der Waals surface area contributed by atoms with Crippen LogP contribution in [0.5, 0.6) is 0 Å². The molecule has 0 spiro atoms. The van der Waals surface area contributed by atoms with Crippen LogP contribution in [0.25, 0.3) is 0 Å². The van der Waals surface area contributed by atoms with Gasteiger partial charge < -0.3 is 10.1 Å². The number of morpholine rings is 1. The Labute approximate surface area is 132 Å². The van der Waals surface area contributed by atoms with Crippen molar-refractivity contribution in [3.8, 4) is 6.07 Å². The molecule has 22 heavy (non-hydrogen) atoms. The van der Waals surface area contributed by atoms with Gasteiger partial charge in [-0.15, -0.1) is 0 Å². The summed E-state index contributed by atoms with van der Waals surface area (Å²) >= 11 is 0. The molecule has 0 unspecified atom stereocenters. The van der Waals surface area contributed by atoms with E-state index in [0.717, 1.165) is 38.5 Å². The molecule has 1 aromatic heterocycles. The van der Waals surface area contributed by atoms with Crippen LogP contribution in [-0.2, 0) is 4.74 Å². The molecule has 1 aromatic rings. The molecule has 1 aliphatic heterocycles. The summed E-state index contributed by atoms with van der Waals surface area (Å²) in [5.74, 6) is 0. The first-order valence-electron chi connectivity index (χ1n) is 8.25. The SMILES string of the molecule is N#Cc1ccc(NCC2(N3CCOCC3)CCCCC2)cn1. The number of anilines is 1. The van der Waals surface area contributed by atoms with Gasteiger partial charge in [-0.05, 0) is 25.0 Å². The summed E-state index contributed by atoms with van der Waals surface area (Å²) in [5, 5.41) is 12.4. The number of nitrogens with one attached hydrogen (secondary N) is 1. The van der Waals surface area contributed by atoms with E-state index in [4.69, 9.17) is 10.00 Å². The Hall–Kier alpha value is -1.64. The molecule has 5 heteroatoms. The maximum Gasteiger partial charge on any atom is 0.140 e. The van der Waals surface area contributed by atoms with Crippen molar-refractivity contribution in [2.75, 3.05) is 38.2 Å². The molecule has 1 saturated heterocycles. The van der Waals surface area contributed by atoms with Crippen LogP contribution < -0.4 is 5.32 Å². The standard InChI is InChI=1S/C17H24N4O/c18-12-15-4-5-16(13-19-15)20-14-17(6-2-1-3-7-17)21-8-10-22-11-9-21/h4-5,13,20H,1-3,6-11,14H2. The molecule has 0 bridgehead atoms. The molecule has 1 aliphatic carbocycles. The lowest BCUT2D eigenvalue weighted by Gasteiger charge is -2.48. The molecule has 0 amide bonds. The van der Waals surface area contributed by atoms with Gasteiger partial charge in [-0.3, -0.25) is 4.90 Å². The monoisotopic (exact) mass is 300 g/mol. The van der Waals surface area contributed by atoms with Gasteiger partial charge in [0.25, 0.3) is 0 Å². The van der Waals surface area contributed by atoms with Crippen LogP contribution in [0.15, 0.2) is 18.3 Å². The van der Waals surface area contributed by atoms with Gasteiger partial charge in [0, 0.05) is 25.2 Å². The molecule has 5 nitrogen and oxygen atoms in total. The summed E-state index contributed by atoms with van der Waals surface area (Å²) < 4.78 is 5.52. The maximum atomic E-state index is 8.82. The Morgan fingerprint density at radius 3 is 2.64 bits per heavy atom. The highest BCUT2D eigenvalue weighted by atomic mass is 16.5. The molecule has 0 atom stereocenters. The molecule has 0 radical (unpaired) electrons. The minimum atomic E-state index is 0.246. The minimum absolute atomic E-state index is 0.246. The largest absolute Gasteiger partial charge is 0.382 e. The van der Waals surface area contributed by atoms with E-state index in [0.29, 0.717) is 5.69 Å². The van der Waals surface area contributed by atoms with E-state index in [2.05, 4.69) is 21.3 Å². The smallest absolute Gasteiger partial charge is 0.140 e. The highest BCUT2D eigenvalue weighted by Gasteiger charge is 2.38. The minimum Gasteiger partial charge on any atom is -0.382 e. The topological polar surface area (TPSA) is 61.2 Å². The van der Waals surface area contributed by atoms with E-state index in [1.807, 2.05) is 6.07 Å². The number of nitrogens with zero attached hydrogens (tertiary/aromatic N) is 3. The zero-order chi connectivity index (χ0) is 15.3. The van der Waals surface area contributed by atoms with Crippen molar-refractivity contribution >= 4 is 5.69 Å². The fourth-order valence-corrected chi connectivity index (χ4v) is 3.68. The average Bonchev–Trinajstić information content (AvgIpc) is 2.62. The zero-order valence-electron chi connectivity index (χ0n) is 13.1. The lowest BCUT2D eigenvalue weighted by molar-refractivity contribution is -0.0318. The van der Waals surface area contributed by atoms with Crippen molar-refractivity contribution in [2.45, 2.75) is 37.6 Å². The predicted octanol–water partition coefficient (Wildman–Crippen LogP) is 2.40. The van der Waals surface area contributed by atoms with Crippen molar-refractivity contribution in [3.63, 3.8) is 0 Å². The van der Waals surface area contributed by atoms with Gasteiger partial charge in [0.1, 0.15) is 11.8 Å². The average molecular weight is 300 g/mol. The highest BCUT2D eigenvalue weighted by Crippen LogP contribution is 2.34. The third kappa shape index (κ3) is 3.40. The number of nitriles is 1. The predicted molar refractivity (Wildman–Crippen MR) is 85.6 cm³/mol. The number of rotatable bonds is 4. The van der Waals surface area contributed by atoms with Crippen molar-refractivity contribution < 1.29 is 4.74 Å². The quantitative estimate of drug-likeness (QED) is 0.925. The van der Waals surface area contributed by atoms with Crippen molar-refractivity contribution in [1.82, 2.24) is 9.88 Å². The van der Waals surface area contributed by atoms with Gasteiger partial charge in [0.2, 0.25) is 0 Å². The van der Waals surface area contributed by atoms with Gasteiger partial charge in [-0.1, -0.05) is 19.3 Å².